The lowest BCUT2D eigenvalue weighted by Gasteiger charge is -2.38. The van der Waals surface area contributed by atoms with Gasteiger partial charge in [-0.25, -0.2) is 0 Å². The molecule has 0 radical (unpaired) electrons. The van der Waals surface area contributed by atoms with Gasteiger partial charge in [-0.3, -0.25) is 14.5 Å². The summed E-state index contributed by atoms with van der Waals surface area (Å²) in [4.78, 5) is 25.6. The molecule has 2 saturated heterocycles. The zero-order valence-electron chi connectivity index (χ0n) is 10.3. The smallest absolute Gasteiger partial charge is 0.233 e. The van der Waals surface area contributed by atoms with Crippen LogP contribution >= 0.6 is 0 Å². The van der Waals surface area contributed by atoms with Crippen LogP contribution in [-0.4, -0.2) is 41.8 Å². The third-order valence-corrected chi connectivity index (χ3v) is 4.80. The number of carbonyl (C=O) groups is 2. The molecule has 2 atom stereocenters. The lowest BCUT2D eigenvalue weighted by molar-refractivity contribution is -0.186. The van der Waals surface area contributed by atoms with Gasteiger partial charge in [0.05, 0.1) is 25.0 Å². The van der Waals surface area contributed by atoms with Gasteiger partial charge in [0, 0.05) is 18.9 Å². The first kappa shape index (κ1) is 10.9. The highest BCUT2D eigenvalue weighted by molar-refractivity contribution is 6.09. The Morgan fingerprint density at radius 3 is 2.11 bits per heavy atom. The van der Waals surface area contributed by atoms with Gasteiger partial charge in [-0.1, -0.05) is 0 Å². The molecule has 0 aromatic heterocycles. The van der Waals surface area contributed by atoms with Gasteiger partial charge in [0.1, 0.15) is 0 Å². The molecular formula is C13H17NO4. The van der Waals surface area contributed by atoms with E-state index >= 15 is 0 Å². The van der Waals surface area contributed by atoms with Crippen LogP contribution in [0.25, 0.3) is 0 Å². The minimum absolute atomic E-state index is 0.0207. The highest BCUT2D eigenvalue weighted by Gasteiger charge is 2.60. The summed E-state index contributed by atoms with van der Waals surface area (Å²) >= 11 is 0. The van der Waals surface area contributed by atoms with Crippen LogP contribution in [0.15, 0.2) is 0 Å². The number of amides is 2. The van der Waals surface area contributed by atoms with Crippen LogP contribution in [0.5, 0.6) is 0 Å². The SMILES string of the molecule is O=C1C2CC2C(=O)N1C1CCC2(CC1)OCCO2. The lowest BCUT2D eigenvalue weighted by Crippen LogP contribution is -2.47. The molecule has 0 bridgehead atoms. The fraction of sp³-hybridized carbons (Fsp3) is 0.846. The van der Waals surface area contributed by atoms with Crippen LogP contribution in [0.4, 0.5) is 0 Å². The Kier molecular flexibility index (Phi) is 2.15. The first-order valence-corrected chi connectivity index (χ1v) is 6.85. The van der Waals surface area contributed by atoms with Gasteiger partial charge in [0.15, 0.2) is 5.79 Å². The Hall–Kier alpha value is -0.940. The number of imide groups is 1. The predicted molar refractivity (Wildman–Crippen MR) is 60.3 cm³/mol. The van der Waals surface area contributed by atoms with Crippen molar-refractivity contribution in [3.8, 4) is 0 Å². The molecule has 2 unspecified atom stereocenters. The molecule has 0 aromatic rings. The average molecular weight is 251 g/mol. The zero-order valence-corrected chi connectivity index (χ0v) is 10.3. The summed E-state index contributed by atoms with van der Waals surface area (Å²) < 4.78 is 11.3. The second-order valence-corrected chi connectivity index (χ2v) is 5.83. The largest absolute Gasteiger partial charge is 0.348 e. The number of hydrogen-bond acceptors (Lipinski definition) is 4. The third-order valence-electron chi connectivity index (χ3n) is 4.80. The van der Waals surface area contributed by atoms with Crippen molar-refractivity contribution in [3.05, 3.63) is 0 Å². The van der Waals surface area contributed by atoms with Crippen LogP contribution < -0.4 is 0 Å². The Morgan fingerprint density at radius 2 is 1.56 bits per heavy atom. The maximum atomic E-state index is 12.0. The molecule has 2 saturated carbocycles. The monoisotopic (exact) mass is 251 g/mol. The summed E-state index contributed by atoms with van der Waals surface area (Å²) in [7, 11) is 0. The van der Waals surface area contributed by atoms with Gasteiger partial charge >= 0.3 is 0 Å². The molecule has 1 spiro atoms. The second kappa shape index (κ2) is 3.54. The van der Waals surface area contributed by atoms with Gasteiger partial charge < -0.3 is 9.47 Å². The number of rotatable bonds is 1. The van der Waals surface area contributed by atoms with E-state index in [-0.39, 0.29) is 29.7 Å². The number of carbonyl (C=O) groups excluding carboxylic acids is 2. The van der Waals surface area contributed by atoms with E-state index in [1.807, 2.05) is 0 Å². The maximum Gasteiger partial charge on any atom is 0.233 e. The standard InChI is InChI=1S/C13H17NO4/c15-11-9-7-10(9)12(16)14(11)8-1-3-13(4-2-8)17-5-6-18-13/h8-10H,1-7H2. The van der Waals surface area contributed by atoms with E-state index in [9.17, 15) is 9.59 Å². The molecule has 0 N–H and O–H groups in total. The number of nitrogens with zero attached hydrogens (tertiary/aromatic N) is 1. The van der Waals surface area contributed by atoms with Gasteiger partial charge in [-0.05, 0) is 19.3 Å². The maximum absolute atomic E-state index is 12.0. The van der Waals surface area contributed by atoms with Crippen LogP contribution in [0.2, 0.25) is 0 Å². The summed E-state index contributed by atoms with van der Waals surface area (Å²) in [5.41, 5.74) is 0. The van der Waals surface area contributed by atoms with Crippen LogP contribution in [0.1, 0.15) is 32.1 Å². The number of hydrogen-bond donors (Lipinski definition) is 0. The highest BCUT2D eigenvalue weighted by atomic mass is 16.7. The summed E-state index contributed by atoms with van der Waals surface area (Å²) in [5, 5.41) is 0. The summed E-state index contributed by atoms with van der Waals surface area (Å²) in [5.74, 6) is -0.233. The average Bonchev–Trinajstić information content (AvgIpc) is 3.00. The van der Waals surface area contributed by atoms with Crippen molar-refractivity contribution in [2.75, 3.05) is 13.2 Å². The molecule has 18 heavy (non-hydrogen) atoms. The van der Waals surface area contributed by atoms with E-state index in [1.54, 1.807) is 4.90 Å². The van der Waals surface area contributed by atoms with Crippen molar-refractivity contribution in [1.82, 2.24) is 4.90 Å². The molecule has 2 heterocycles. The van der Waals surface area contributed by atoms with Crippen molar-refractivity contribution < 1.29 is 19.1 Å². The molecule has 4 rings (SSSR count). The Balaban J connectivity index is 1.45. The molecular weight excluding hydrogens is 234 g/mol. The first-order valence-electron chi connectivity index (χ1n) is 6.85. The van der Waals surface area contributed by atoms with Crippen LogP contribution in [0, 0.1) is 11.8 Å². The summed E-state index contributed by atoms with van der Waals surface area (Å²) in [6.07, 6.45) is 4.01. The molecule has 4 fully saturated rings. The van der Waals surface area contributed by atoms with E-state index in [1.165, 1.54) is 0 Å². The molecule has 98 valence electrons. The Morgan fingerprint density at radius 1 is 1.00 bits per heavy atom. The second-order valence-electron chi connectivity index (χ2n) is 5.83. The van der Waals surface area contributed by atoms with Crippen LogP contribution in [0.3, 0.4) is 0 Å². The van der Waals surface area contributed by atoms with Crippen molar-refractivity contribution in [2.24, 2.45) is 11.8 Å². The fourth-order valence-corrected chi connectivity index (χ4v) is 3.65. The minimum Gasteiger partial charge on any atom is -0.348 e. The normalized spacial score (nSPS) is 38.6. The van der Waals surface area contributed by atoms with Crippen molar-refractivity contribution in [2.45, 2.75) is 43.9 Å². The van der Waals surface area contributed by atoms with E-state index in [0.717, 1.165) is 32.1 Å². The van der Waals surface area contributed by atoms with E-state index in [0.29, 0.717) is 13.2 Å². The van der Waals surface area contributed by atoms with Gasteiger partial charge in [0.25, 0.3) is 0 Å². The molecule has 5 heteroatoms. The molecule has 4 aliphatic rings. The third kappa shape index (κ3) is 1.40. The molecule has 2 aliphatic heterocycles. The lowest BCUT2D eigenvalue weighted by atomic mass is 9.89. The van der Waals surface area contributed by atoms with Gasteiger partial charge in [-0.2, -0.15) is 0 Å². The first-order chi connectivity index (χ1) is 8.70. The summed E-state index contributed by atoms with van der Waals surface area (Å²) in [6, 6.07) is 0.0798. The van der Waals surface area contributed by atoms with Crippen molar-refractivity contribution in [1.29, 1.82) is 0 Å². The molecule has 2 aliphatic carbocycles. The number of likely N-dealkylation sites (tertiary alicyclic amines) is 1. The predicted octanol–water partition coefficient (Wildman–Crippen LogP) is 0.677. The van der Waals surface area contributed by atoms with Crippen LogP contribution in [-0.2, 0) is 19.1 Å². The van der Waals surface area contributed by atoms with Gasteiger partial charge in [-0.15, -0.1) is 0 Å². The van der Waals surface area contributed by atoms with E-state index in [2.05, 4.69) is 0 Å². The Labute approximate surface area is 105 Å². The molecule has 5 nitrogen and oxygen atoms in total. The number of piperidine rings is 1. The number of ether oxygens (including phenoxy) is 2. The van der Waals surface area contributed by atoms with Gasteiger partial charge in [0.2, 0.25) is 11.8 Å². The quantitative estimate of drug-likeness (QED) is 0.643. The highest BCUT2D eigenvalue weighted by Crippen LogP contribution is 2.49. The Bertz CT molecular complexity index is 385. The summed E-state index contributed by atoms with van der Waals surface area (Å²) in [6.45, 7) is 1.33. The van der Waals surface area contributed by atoms with Crippen molar-refractivity contribution in [3.63, 3.8) is 0 Å². The minimum atomic E-state index is -0.411. The van der Waals surface area contributed by atoms with E-state index < -0.39 is 5.79 Å². The number of fused-ring (bicyclic) bond motifs is 1. The molecule has 2 amide bonds. The zero-order chi connectivity index (χ0) is 12.3. The van der Waals surface area contributed by atoms with E-state index in [4.69, 9.17) is 9.47 Å². The molecule has 0 aromatic carbocycles. The van der Waals surface area contributed by atoms with Crippen molar-refractivity contribution >= 4 is 11.8 Å². The topological polar surface area (TPSA) is 55.8 Å². The fourth-order valence-electron chi connectivity index (χ4n) is 3.65.